The van der Waals surface area contributed by atoms with Gasteiger partial charge in [0.25, 0.3) is 0 Å². The van der Waals surface area contributed by atoms with E-state index in [1.807, 2.05) is 0 Å². The van der Waals surface area contributed by atoms with Crippen molar-refractivity contribution in [2.75, 3.05) is 0 Å². The summed E-state index contributed by atoms with van der Waals surface area (Å²) in [6, 6.07) is 4.94. The quantitative estimate of drug-likeness (QED) is 0.583. The third-order valence-electron chi connectivity index (χ3n) is 3.02. The number of halogens is 5. The van der Waals surface area contributed by atoms with Crippen LogP contribution in [0.3, 0.4) is 0 Å². The van der Waals surface area contributed by atoms with Gasteiger partial charge < -0.3 is 4.57 Å². The Kier molecular flexibility index (Phi) is 3.17. The van der Waals surface area contributed by atoms with Crippen molar-refractivity contribution in [3.05, 3.63) is 40.1 Å². The molecule has 104 valence electrons. The third-order valence-corrected chi connectivity index (χ3v) is 3.84. The summed E-state index contributed by atoms with van der Waals surface area (Å²) >= 11 is 9.28. The van der Waals surface area contributed by atoms with Crippen LogP contribution in [0.1, 0.15) is 0 Å². The topological polar surface area (TPSA) is 17.8 Å². The van der Waals surface area contributed by atoms with Gasteiger partial charge in [0.05, 0.1) is 17.2 Å². The fourth-order valence-corrected chi connectivity index (χ4v) is 3.36. The molecule has 0 saturated carbocycles. The Morgan fingerprint density at radius 3 is 2.70 bits per heavy atom. The van der Waals surface area contributed by atoms with Crippen LogP contribution >= 0.6 is 27.5 Å². The largest absolute Gasteiger partial charge is 0.406 e. The molecule has 0 unspecified atom stereocenters. The molecule has 20 heavy (non-hydrogen) atoms. The fourth-order valence-electron chi connectivity index (χ4n) is 2.34. The van der Waals surface area contributed by atoms with Crippen molar-refractivity contribution in [2.24, 2.45) is 0 Å². The Morgan fingerprint density at radius 1 is 1.25 bits per heavy atom. The van der Waals surface area contributed by atoms with Crippen LogP contribution in [0.2, 0.25) is 5.02 Å². The lowest BCUT2D eigenvalue weighted by Crippen LogP contribution is -2.17. The highest BCUT2D eigenvalue weighted by atomic mass is 79.9. The van der Waals surface area contributed by atoms with Gasteiger partial charge in [-0.15, -0.1) is 0 Å². The van der Waals surface area contributed by atoms with Crippen LogP contribution in [0, 0.1) is 0 Å². The smallest absolute Gasteiger partial charge is 0.329 e. The Labute approximate surface area is 125 Å². The first-order valence-electron chi connectivity index (χ1n) is 5.64. The Balaban J connectivity index is 2.46. The van der Waals surface area contributed by atoms with Crippen LogP contribution in [-0.2, 0) is 6.54 Å². The molecule has 0 aliphatic heterocycles. The van der Waals surface area contributed by atoms with Crippen LogP contribution in [0.5, 0.6) is 0 Å². The van der Waals surface area contributed by atoms with Gasteiger partial charge in [0.2, 0.25) is 0 Å². The van der Waals surface area contributed by atoms with E-state index < -0.39 is 12.7 Å². The molecule has 0 radical (unpaired) electrons. The van der Waals surface area contributed by atoms with Crippen molar-refractivity contribution >= 4 is 49.3 Å². The Hall–Kier alpha value is -1.27. The lowest BCUT2D eigenvalue weighted by Gasteiger charge is -2.11. The first-order chi connectivity index (χ1) is 9.37. The van der Waals surface area contributed by atoms with E-state index in [-0.39, 0.29) is 0 Å². The average Bonchev–Trinajstić information content (AvgIpc) is 2.63. The molecule has 0 saturated heterocycles. The minimum atomic E-state index is -4.31. The maximum atomic E-state index is 12.8. The molecule has 0 amide bonds. The zero-order chi connectivity index (χ0) is 14.5. The summed E-state index contributed by atoms with van der Waals surface area (Å²) < 4.78 is 40.1. The van der Waals surface area contributed by atoms with Crippen molar-refractivity contribution in [2.45, 2.75) is 12.7 Å². The number of pyridine rings is 1. The molecular formula is C13H7BrClF3N2. The molecule has 3 aromatic rings. The van der Waals surface area contributed by atoms with Gasteiger partial charge in [-0.2, -0.15) is 13.2 Å². The van der Waals surface area contributed by atoms with Crippen LogP contribution in [-0.4, -0.2) is 15.7 Å². The van der Waals surface area contributed by atoms with Crippen molar-refractivity contribution in [3.63, 3.8) is 0 Å². The van der Waals surface area contributed by atoms with Gasteiger partial charge in [-0.05, 0) is 34.1 Å². The van der Waals surface area contributed by atoms with Gasteiger partial charge >= 0.3 is 6.18 Å². The van der Waals surface area contributed by atoms with Crippen LogP contribution in [0.15, 0.2) is 35.1 Å². The van der Waals surface area contributed by atoms with Crippen molar-refractivity contribution in [3.8, 4) is 0 Å². The van der Waals surface area contributed by atoms with Gasteiger partial charge in [0.1, 0.15) is 6.54 Å². The molecule has 0 atom stereocenters. The van der Waals surface area contributed by atoms with Crippen LogP contribution in [0.25, 0.3) is 21.8 Å². The van der Waals surface area contributed by atoms with Gasteiger partial charge in [0, 0.05) is 26.5 Å². The third kappa shape index (κ3) is 2.27. The van der Waals surface area contributed by atoms with Gasteiger partial charge in [-0.25, -0.2) is 0 Å². The summed E-state index contributed by atoms with van der Waals surface area (Å²) in [6.07, 6.45) is -1.33. The molecule has 2 nitrogen and oxygen atoms in total. The van der Waals surface area contributed by atoms with Gasteiger partial charge in [-0.3, -0.25) is 4.98 Å². The predicted octanol–water partition coefficient (Wildman–Crippen LogP) is 5.17. The molecule has 3 rings (SSSR count). The molecule has 0 aliphatic rings. The number of hydrogen-bond acceptors (Lipinski definition) is 1. The van der Waals surface area contributed by atoms with E-state index in [9.17, 15) is 13.2 Å². The lowest BCUT2D eigenvalue weighted by molar-refractivity contribution is -0.139. The van der Waals surface area contributed by atoms with Crippen molar-refractivity contribution in [1.29, 1.82) is 0 Å². The van der Waals surface area contributed by atoms with E-state index in [1.54, 1.807) is 24.4 Å². The highest BCUT2D eigenvalue weighted by Crippen LogP contribution is 2.37. The summed E-state index contributed by atoms with van der Waals surface area (Å²) in [5.41, 5.74) is 0.900. The summed E-state index contributed by atoms with van der Waals surface area (Å²) in [4.78, 5) is 3.91. The van der Waals surface area contributed by atoms with Gasteiger partial charge in [0.15, 0.2) is 0 Å². The second-order valence-corrected chi connectivity index (χ2v) is 5.67. The highest BCUT2D eigenvalue weighted by Gasteiger charge is 2.30. The Morgan fingerprint density at radius 2 is 2.00 bits per heavy atom. The molecule has 7 heteroatoms. The summed E-state index contributed by atoms with van der Waals surface area (Å²) in [7, 11) is 0. The maximum Gasteiger partial charge on any atom is 0.406 e. The number of aromatic nitrogens is 2. The van der Waals surface area contributed by atoms with E-state index in [0.29, 0.717) is 31.3 Å². The van der Waals surface area contributed by atoms with Crippen molar-refractivity contribution < 1.29 is 13.2 Å². The molecule has 0 aliphatic carbocycles. The standard InChI is InChI=1S/C13H7BrClF3N2/c14-10-4-7(15)3-9-8-1-2-19-5-11(8)20(12(9)10)6-13(16,17)18/h1-5H,6H2. The highest BCUT2D eigenvalue weighted by molar-refractivity contribution is 9.10. The molecule has 1 aromatic carbocycles. The van der Waals surface area contributed by atoms with E-state index in [1.165, 1.54) is 10.8 Å². The van der Waals surface area contributed by atoms with Crippen LogP contribution < -0.4 is 0 Å². The summed E-state index contributed by atoms with van der Waals surface area (Å²) in [5.74, 6) is 0. The minimum absolute atomic E-state index is 0.433. The number of benzene rings is 1. The van der Waals surface area contributed by atoms with E-state index in [0.717, 1.165) is 0 Å². The number of hydrogen-bond donors (Lipinski definition) is 0. The summed E-state index contributed by atoms with van der Waals surface area (Å²) in [5, 5.41) is 1.83. The van der Waals surface area contributed by atoms with Gasteiger partial charge in [-0.1, -0.05) is 11.6 Å². The SMILES string of the molecule is FC(F)(F)Cn1c2cnccc2c2cc(Cl)cc(Br)c21. The normalized spacial score (nSPS) is 12.4. The first-order valence-corrected chi connectivity index (χ1v) is 6.81. The first kappa shape index (κ1) is 13.7. The molecule has 0 bridgehead atoms. The minimum Gasteiger partial charge on any atom is -0.329 e. The second kappa shape index (κ2) is 4.63. The summed E-state index contributed by atoms with van der Waals surface area (Å²) in [6.45, 7) is -1.07. The molecule has 0 N–H and O–H groups in total. The Bertz CT molecular complexity index is 811. The fraction of sp³-hybridized carbons (Fsp3) is 0.154. The lowest BCUT2D eigenvalue weighted by atomic mass is 10.2. The van der Waals surface area contributed by atoms with E-state index in [4.69, 9.17) is 11.6 Å². The molecule has 0 fully saturated rings. The molecule has 2 aromatic heterocycles. The van der Waals surface area contributed by atoms with E-state index >= 15 is 0 Å². The molecule has 0 spiro atoms. The van der Waals surface area contributed by atoms with Crippen LogP contribution in [0.4, 0.5) is 13.2 Å². The van der Waals surface area contributed by atoms with Crippen molar-refractivity contribution in [1.82, 2.24) is 9.55 Å². The second-order valence-electron chi connectivity index (χ2n) is 4.38. The molecular weight excluding hydrogens is 357 g/mol. The predicted molar refractivity (Wildman–Crippen MR) is 76.0 cm³/mol. The number of fused-ring (bicyclic) bond motifs is 3. The number of nitrogens with zero attached hydrogens (tertiary/aromatic N) is 2. The van der Waals surface area contributed by atoms with E-state index in [2.05, 4.69) is 20.9 Å². The zero-order valence-electron chi connectivity index (χ0n) is 9.88. The zero-order valence-corrected chi connectivity index (χ0v) is 12.2. The molecule has 2 heterocycles. The monoisotopic (exact) mass is 362 g/mol. The average molecular weight is 364 g/mol. The number of alkyl halides is 3. The maximum absolute atomic E-state index is 12.8. The number of rotatable bonds is 1.